The van der Waals surface area contributed by atoms with Crippen molar-refractivity contribution in [2.45, 2.75) is 30.9 Å². The molecule has 0 aliphatic carbocycles. The van der Waals surface area contributed by atoms with Gasteiger partial charge in [0.05, 0.1) is 19.3 Å². The molecule has 1 heterocycles. The van der Waals surface area contributed by atoms with Crippen LogP contribution in [0.3, 0.4) is 0 Å². The summed E-state index contributed by atoms with van der Waals surface area (Å²) in [4.78, 5) is 12.5. The molecule has 1 saturated heterocycles. The molecule has 1 amide bonds. The van der Waals surface area contributed by atoms with Crippen molar-refractivity contribution < 1.29 is 22.7 Å². The Balaban J connectivity index is 2.29. The number of morpholine rings is 1. The first-order chi connectivity index (χ1) is 11.8. The second kappa shape index (κ2) is 8.13. The number of carbonyl (C=O) groups excluding carboxylic acids is 1. The number of rotatable bonds is 6. The summed E-state index contributed by atoms with van der Waals surface area (Å²) in [7, 11) is -0.816. The molecule has 0 bridgehead atoms. The lowest BCUT2D eigenvalue weighted by molar-refractivity contribution is -0.123. The highest BCUT2D eigenvalue weighted by atomic mass is 32.2. The molecule has 140 valence electrons. The molecule has 0 saturated carbocycles. The van der Waals surface area contributed by atoms with Crippen LogP contribution < -0.4 is 15.4 Å². The lowest BCUT2D eigenvalue weighted by Crippen LogP contribution is -2.53. The third-order valence-electron chi connectivity index (χ3n) is 3.87. The molecule has 1 aromatic carbocycles. The molecular formula is C16H25N3O5S. The maximum atomic E-state index is 12.5. The monoisotopic (exact) mass is 371 g/mol. The van der Waals surface area contributed by atoms with Gasteiger partial charge in [-0.15, -0.1) is 0 Å². The molecule has 0 aromatic heterocycles. The smallest absolute Gasteiger partial charge is 0.246 e. The first kappa shape index (κ1) is 19.6. The summed E-state index contributed by atoms with van der Waals surface area (Å²) in [5.41, 5.74) is 0.383. The Kier molecular flexibility index (Phi) is 6.39. The maximum absolute atomic E-state index is 12.5. The van der Waals surface area contributed by atoms with Crippen LogP contribution in [0.15, 0.2) is 23.1 Å². The summed E-state index contributed by atoms with van der Waals surface area (Å²) in [6.45, 7) is 5.07. The number of benzene rings is 1. The summed E-state index contributed by atoms with van der Waals surface area (Å²) in [6.07, 6.45) is -0.263. The lowest BCUT2D eigenvalue weighted by atomic mass is 10.1. The van der Waals surface area contributed by atoms with Gasteiger partial charge in [-0.05, 0) is 32.0 Å². The van der Waals surface area contributed by atoms with Gasteiger partial charge in [-0.25, -0.2) is 12.7 Å². The molecule has 1 aliphatic heterocycles. The van der Waals surface area contributed by atoms with Crippen molar-refractivity contribution in [3.05, 3.63) is 18.2 Å². The third-order valence-corrected chi connectivity index (χ3v) is 5.70. The van der Waals surface area contributed by atoms with Crippen LogP contribution in [0.5, 0.6) is 5.75 Å². The summed E-state index contributed by atoms with van der Waals surface area (Å²) < 4.78 is 37.0. The van der Waals surface area contributed by atoms with E-state index in [2.05, 4.69) is 10.6 Å². The van der Waals surface area contributed by atoms with Crippen LogP contribution in [0.1, 0.15) is 13.8 Å². The first-order valence-electron chi connectivity index (χ1n) is 8.12. The van der Waals surface area contributed by atoms with Gasteiger partial charge in [-0.2, -0.15) is 0 Å². The minimum Gasteiger partial charge on any atom is -0.492 e. The van der Waals surface area contributed by atoms with E-state index in [4.69, 9.17) is 9.47 Å². The molecule has 0 radical (unpaired) electrons. The molecular weight excluding hydrogens is 346 g/mol. The predicted octanol–water partition coefficient (Wildman–Crippen LogP) is 0.651. The van der Waals surface area contributed by atoms with Crippen LogP contribution in [-0.2, 0) is 19.6 Å². The molecule has 1 aliphatic rings. The fourth-order valence-corrected chi connectivity index (χ4v) is 3.56. The average Bonchev–Trinajstić information content (AvgIpc) is 2.56. The number of nitrogens with one attached hydrogen (secondary N) is 2. The van der Waals surface area contributed by atoms with Crippen LogP contribution >= 0.6 is 0 Å². The second-order valence-corrected chi connectivity index (χ2v) is 8.00. The van der Waals surface area contributed by atoms with Gasteiger partial charge in [0, 0.05) is 26.3 Å². The van der Waals surface area contributed by atoms with E-state index in [0.717, 1.165) is 4.31 Å². The van der Waals surface area contributed by atoms with E-state index < -0.39 is 16.1 Å². The summed E-state index contributed by atoms with van der Waals surface area (Å²) in [6, 6.07) is 4.08. The van der Waals surface area contributed by atoms with Crippen molar-refractivity contribution in [1.82, 2.24) is 9.62 Å². The van der Waals surface area contributed by atoms with E-state index in [1.54, 1.807) is 19.1 Å². The molecule has 0 unspecified atom stereocenters. The zero-order valence-corrected chi connectivity index (χ0v) is 15.7. The van der Waals surface area contributed by atoms with Crippen LogP contribution in [-0.4, -0.2) is 64.6 Å². The SMILES string of the molecule is CCOc1ccc(NC(=O)[C@H]2NCCO[C@@H]2C)cc1S(=O)(=O)N(C)C. The number of anilines is 1. The lowest BCUT2D eigenvalue weighted by Gasteiger charge is -2.29. The van der Waals surface area contributed by atoms with E-state index in [0.29, 0.717) is 25.4 Å². The number of carbonyl (C=O) groups is 1. The second-order valence-electron chi connectivity index (χ2n) is 5.88. The van der Waals surface area contributed by atoms with Crippen LogP contribution in [0.4, 0.5) is 5.69 Å². The number of hydrogen-bond acceptors (Lipinski definition) is 6. The number of sulfonamides is 1. The maximum Gasteiger partial charge on any atom is 0.246 e. The minimum absolute atomic E-state index is 0.0121. The fourth-order valence-electron chi connectivity index (χ4n) is 2.51. The highest BCUT2D eigenvalue weighted by Crippen LogP contribution is 2.29. The van der Waals surface area contributed by atoms with Crippen molar-refractivity contribution in [3.8, 4) is 5.75 Å². The molecule has 9 heteroatoms. The molecule has 8 nitrogen and oxygen atoms in total. The van der Waals surface area contributed by atoms with Gasteiger partial charge < -0.3 is 20.1 Å². The first-order valence-corrected chi connectivity index (χ1v) is 9.56. The topological polar surface area (TPSA) is 97.0 Å². The molecule has 2 N–H and O–H groups in total. The van der Waals surface area contributed by atoms with E-state index in [9.17, 15) is 13.2 Å². The fraction of sp³-hybridized carbons (Fsp3) is 0.562. The normalized spacial score (nSPS) is 21.2. The highest BCUT2D eigenvalue weighted by molar-refractivity contribution is 7.89. The average molecular weight is 371 g/mol. The highest BCUT2D eigenvalue weighted by Gasteiger charge is 2.29. The Bertz CT molecular complexity index is 720. The van der Waals surface area contributed by atoms with Gasteiger partial charge in [0.15, 0.2) is 0 Å². The van der Waals surface area contributed by atoms with E-state index in [1.165, 1.54) is 20.2 Å². The summed E-state index contributed by atoms with van der Waals surface area (Å²) in [5.74, 6) is -0.0220. The largest absolute Gasteiger partial charge is 0.492 e. The van der Waals surface area contributed by atoms with Crippen LogP contribution in [0.25, 0.3) is 0 Å². The van der Waals surface area contributed by atoms with E-state index in [-0.39, 0.29) is 22.7 Å². The van der Waals surface area contributed by atoms with Crippen LogP contribution in [0.2, 0.25) is 0 Å². The van der Waals surface area contributed by atoms with Crippen molar-refractivity contribution in [2.24, 2.45) is 0 Å². The number of nitrogens with zero attached hydrogens (tertiary/aromatic N) is 1. The van der Waals surface area contributed by atoms with Crippen molar-refractivity contribution in [3.63, 3.8) is 0 Å². The third kappa shape index (κ3) is 4.49. The van der Waals surface area contributed by atoms with Crippen LogP contribution in [0, 0.1) is 0 Å². The van der Waals surface area contributed by atoms with Crippen molar-refractivity contribution >= 4 is 21.6 Å². The number of amides is 1. The summed E-state index contributed by atoms with van der Waals surface area (Å²) >= 11 is 0. The molecule has 1 aromatic rings. The van der Waals surface area contributed by atoms with E-state index in [1.807, 2.05) is 6.92 Å². The van der Waals surface area contributed by atoms with Gasteiger partial charge in [-0.3, -0.25) is 4.79 Å². The van der Waals surface area contributed by atoms with Gasteiger partial charge in [0.25, 0.3) is 0 Å². The number of ether oxygens (including phenoxy) is 2. The van der Waals surface area contributed by atoms with Gasteiger partial charge in [0.2, 0.25) is 15.9 Å². The Hall–Kier alpha value is -1.68. The zero-order chi connectivity index (χ0) is 18.6. The summed E-state index contributed by atoms with van der Waals surface area (Å²) in [5, 5.41) is 5.84. The van der Waals surface area contributed by atoms with Crippen molar-refractivity contribution in [1.29, 1.82) is 0 Å². The molecule has 1 fully saturated rings. The Labute approximate surface area is 148 Å². The number of hydrogen-bond donors (Lipinski definition) is 2. The van der Waals surface area contributed by atoms with E-state index >= 15 is 0 Å². The molecule has 25 heavy (non-hydrogen) atoms. The van der Waals surface area contributed by atoms with Gasteiger partial charge >= 0.3 is 0 Å². The zero-order valence-electron chi connectivity index (χ0n) is 14.9. The predicted molar refractivity (Wildman–Crippen MR) is 94.3 cm³/mol. The van der Waals surface area contributed by atoms with Crippen molar-refractivity contribution in [2.75, 3.05) is 39.2 Å². The standard InChI is InChI=1S/C16H25N3O5S/c1-5-23-13-7-6-12(10-14(13)25(21,22)19(3)4)18-16(20)15-11(2)24-9-8-17-15/h6-7,10-11,15,17H,5,8-9H2,1-4H3,(H,18,20)/t11-,15+/m1/s1. The minimum atomic E-state index is -3.71. The molecule has 2 atom stereocenters. The quantitative estimate of drug-likeness (QED) is 0.762. The Morgan fingerprint density at radius 3 is 2.76 bits per heavy atom. The Morgan fingerprint density at radius 1 is 1.44 bits per heavy atom. The molecule has 0 spiro atoms. The van der Waals surface area contributed by atoms with Gasteiger partial charge in [-0.1, -0.05) is 0 Å². The molecule has 2 rings (SSSR count). The van der Waals surface area contributed by atoms with Gasteiger partial charge in [0.1, 0.15) is 16.7 Å². The Morgan fingerprint density at radius 2 is 2.16 bits per heavy atom.